The number of hydrogen-bond acceptors (Lipinski definition) is 4. The van der Waals surface area contributed by atoms with Gasteiger partial charge in [0.15, 0.2) is 0 Å². The van der Waals surface area contributed by atoms with Crippen molar-refractivity contribution in [1.82, 2.24) is 10.2 Å². The molecule has 2 rings (SSSR count). The number of nitrogens with one attached hydrogen (secondary N) is 1. The molecule has 0 bridgehead atoms. The van der Waals surface area contributed by atoms with E-state index in [-0.39, 0.29) is 5.76 Å². The fourth-order valence-corrected chi connectivity index (χ4v) is 2.96. The van der Waals surface area contributed by atoms with Gasteiger partial charge in [-0.2, -0.15) is 0 Å². The van der Waals surface area contributed by atoms with Crippen LogP contribution in [0.25, 0.3) is 0 Å². The second-order valence-electron chi connectivity index (χ2n) is 5.87. The van der Waals surface area contributed by atoms with E-state index in [4.69, 9.17) is 9.52 Å². The first-order valence-corrected chi connectivity index (χ1v) is 7.90. The molecule has 1 aliphatic carbocycles. The quantitative estimate of drug-likeness (QED) is 0.722. The maximum atomic E-state index is 10.7. The van der Waals surface area contributed by atoms with Crippen molar-refractivity contribution >= 4 is 5.97 Å². The summed E-state index contributed by atoms with van der Waals surface area (Å²) in [5.41, 5.74) is 0. The molecular formula is C16H26N2O3. The van der Waals surface area contributed by atoms with Crippen LogP contribution >= 0.6 is 0 Å². The lowest BCUT2D eigenvalue weighted by Gasteiger charge is -2.31. The highest BCUT2D eigenvalue weighted by molar-refractivity contribution is 5.84. The minimum absolute atomic E-state index is 0.00355. The van der Waals surface area contributed by atoms with Gasteiger partial charge in [-0.25, -0.2) is 4.79 Å². The first-order valence-electron chi connectivity index (χ1n) is 7.90. The van der Waals surface area contributed by atoms with Crippen LogP contribution in [-0.2, 0) is 6.54 Å². The summed E-state index contributed by atoms with van der Waals surface area (Å²) in [4.78, 5) is 13.2. The summed E-state index contributed by atoms with van der Waals surface area (Å²) >= 11 is 0. The summed E-state index contributed by atoms with van der Waals surface area (Å²) in [5, 5.41) is 12.1. The zero-order valence-electron chi connectivity index (χ0n) is 12.8. The summed E-state index contributed by atoms with van der Waals surface area (Å²) in [7, 11) is 2.22. The monoisotopic (exact) mass is 294 g/mol. The second kappa shape index (κ2) is 8.20. The Labute approximate surface area is 126 Å². The minimum Gasteiger partial charge on any atom is -0.475 e. The molecule has 21 heavy (non-hydrogen) atoms. The minimum atomic E-state index is -1.02. The maximum Gasteiger partial charge on any atom is 0.371 e. The fraction of sp³-hybridized carbons (Fsp3) is 0.688. The van der Waals surface area contributed by atoms with Crippen LogP contribution in [0.15, 0.2) is 16.5 Å². The van der Waals surface area contributed by atoms with Crippen molar-refractivity contribution in [1.29, 1.82) is 0 Å². The third kappa shape index (κ3) is 5.17. The van der Waals surface area contributed by atoms with Gasteiger partial charge in [-0.1, -0.05) is 19.3 Å². The van der Waals surface area contributed by atoms with Crippen LogP contribution in [0.4, 0.5) is 0 Å². The molecular weight excluding hydrogens is 268 g/mol. The zero-order chi connectivity index (χ0) is 15.1. The summed E-state index contributed by atoms with van der Waals surface area (Å²) < 4.78 is 5.20. The molecule has 118 valence electrons. The Balaban J connectivity index is 1.57. The van der Waals surface area contributed by atoms with E-state index in [1.807, 2.05) is 0 Å². The highest BCUT2D eigenvalue weighted by atomic mass is 16.4. The number of carboxylic acids is 1. The molecule has 1 saturated carbocycles. The molecule has 5 nitrogen and oxygen atoms in total. The van der Waals surface area contributed by atoms with E-state index < -0.39 is 5.97 Å². The topological polar surface area (TPSA) is 65.7 Å². The van der Waals surface area contributed by atoms with E-state index >= 15 is 0 Å². The van der Waals surface area contributed by atoms with Crippen molar-refractivity contribution in [2.45, 2.75) is 51.1 Å². The Morgan fingerprint density at radius 2 is 2.14 bits per heavy atom. The van der Waals surface area contributed by atoms with Crippen LogP contribution in [0.1, 0.15) is 54.8 Å². The Morgan fingerprint density at radius 3 is 2.81 bits per heavy atom. The van der Waals surface area contributed by atoms with Gasteiger partial charge in [0.25, 0.3) is 0 Å². The van der Waals surface area contributed by atoms with E-state index in [0.717, 1.165) is 25.6 Å². The maximum absolute atomic E-state index is 10.7. The molecule has 0 aromatic carbocycles. The molecule has 0 aliphatic heterocycles. The van der Waals surface area contributed by atoms with E-state index in [9.17, 15) is 4.79 Å². The van der Waals surface area contributed by atoms with Crippen LogP contribution in [0.3, 0.4) is 0 Å². The molecule has 1 aliphatic rings. The number of furan rings is 1. The first kappa shape index (κ1) is 16.0. The number of carboxylic acid groups (broad SMARTS) is 1. The molecule has 0 unspecified atom stereocenters. The molecule has 1 fully saturated rings. The van der Waals surface area contributed by atoms with Gasteiger partial charge in [-0.15, -0.1) is 0 Å². The number of hydrogen-bond donors (Lipinski definition) is 2. The van der Waals surface area contributed by atoms with Gasteiger partial charge in [0, 0.05) is 6.04 Å². The Morgan fingerprint density at radius 1 is 1.38 bits per heavy atom. The summed E-state index contributed by atoms with van der Waals surface area (Å²) in [5.74, 6) is -0.341. The highest BCUT2D eigenvalue weighted by Crippen LogP contribution is 2.21. The van der Waals surface area contributed by atoms with Crippen LogP contribution in [-0.4, -0.2) is 42.2 Å². The fourth-order valence-electron chi connectivity index (χ4n) is 2.96. The first-order chi connectivity index (χ1) is 10.2. The van der Waals surface area contributed by atoms with E-state index in [2.05, 4.69) is 17.3 Å². The van der Waals surface area contributed by atoms with Crippen molar-refractivity contribution in [3.63, 3.8) is 0 Å². The molecule has 1 heterocycles. The number of aromatic carboxylic acids is 1. The van der Waals surface area contributed by atoms with Gasteiger partial charge in [0.05, 0.1) is 6.54 Å². The zero-order valence-corrected chi connectivity index (χ0v) is 12.8. The molecule has 5 heteroatoms. The molecule has 2 N–H and O–H groups in total. The van der Waals surface area contributed by atoms with E-state index in [0.29, 0.717) is 12.3 Å². The SMILES string of the molecule is CN(CCCNCc1ccc(C(=O)O)o1)C1CCCCC1. The lowest BCUT2D eigenvalue weighted by molar-refractivity contribution is 0.0660. The van der Waals surface area contributed by atoms with Crippen molar-refractivity contribution in [2.75, 3.05) is 20.1 Å². The predicted molar refractivity (Wildman–Crippen MR) is 81.5 cm³/mol. The second-order valence-corrected chi connectivity index (χ2v) is 5.87. The summed E-state index contributed by atoms with van der Waals surface area (Å²) in [6.07, 6.45) is 7.92. The van der Waals surface area contributed by atoms with Crippen molar-refractivity contribution in [2.24, 2.45) is 0 Å². The van der Waals surface area contributed by atoms with Gasteiger partial charge in [-0.05, 0) is 51.5 Å². The van der Waals surface area contributed by atoms with Crippen LogP contribution in [0.2, 0.25) is 0 Å². The summed E-state index contributed by atoms with van der Waals surface area (Å²) in [6.45, 7) is 2.61. The van der Waals surface area contributed by atoms with Gasteiger partial charge < -0.3 is 19.7 Å². The number of nitrogens with zero attached hydrogens (tertiary/aromatic N) is 1. The average Bonchev–Trinajstić information content (AvgIpc) is 2.97. The largest absolute Gasteiger partial charge is 0.475 e. The summed E-state index contributed by atoms with van der Waals surface area (Å²) in [6, 6.07) is 3.97. The predicted octanol–water partition coefficient (Wildman–Crippen LogP) is 2.72. The van der Waals surface area contributed by atoms with Gasteiger partial charge in [0.2, 0.25) is 5.76 Å². The van der Waals surface area contributed by atoms with Gasteiger partial charge in [0.1, 0.15) is 5.76 Å². The highest BCUT2D eigenvalue weighted by Gasteiger charge is 2.17. The van der Waals surface area contributed by atoms with Crippen molar-refractivity contribution in [3.8, 4) is 0 Å². The Hall–Kier alpha value is -1.33. The van der Waals surface area contributed by atoms with Crippen LogP contribution in [0, 0.1) is 0 Å². The standard InChI is InChI=1S/C16H26N2O3/c1-18(13-6-3-2-4-7-13)11-5-10-17-12-14-8-9-15(21-14)16(19)20/h8-9,13,17H,2-7,10-12H2,1H3,(H,19,20). The smallest absolute Gasteiger partial charge is 0.371 e. The van der Waals surface area contributed by atoms with Crippen molar-refractivity contribution < 1.29 is 14.3 Å². The molecule has 0 amide bonds. The molecule has 1 aromatic rings. The molecule has 0 saturated heterocycles. The van der Waals surface area contributed by atoms with Crippen LogP contribution < -0.4 is 5.32 Å². The van der Waals surface area contributed by atoms with Gasteiger partial charge >= 0.3 is 5.97 Å². The van der Waals surface area contributed by atoms with E-state index in [1.54, 1.807) is 6.07 Å². The number of rotatable bonds is 8. The third-order valence-electron chi connectivity index (χ3n) is 4.23. The van der Waals surface area contributed by atoms with Crippen molar-refractivity contribution in [3.05, 3.63) is 23.7 Å². The molecule has 1 aromatic heterocycles. The molecule has 0 radical (unpaired) electrons. The normalized spacial score (nSPS) is 16.5. The van der Waals surface area contributed by atoms with Crippen LogP contribution in [0.5, 0.6) is 0 Å². The molecule has 0 spiro atoms. The third-order valence-corrected chi connectivity index (χ3v) is 4.23. The Bertz CT molecular complexity index is 438. The van der Waals surface area contributed by atoms with Gasteiger partial charge in [-0.3, -0.25) is 0 Å². The average molecular weight is 294 g/mol. The van der Waals surface area contributed by atoms with E-state index in [1.165, 1.54) is 38.2 Å². The molecule has 0 atom stereocenters. The lowest BCUT2D eigenvalue weighted by atomic mass is 9.94. The number of carbonyl (C=O) groups is 1. The lowest BCUT2D eigenvalue weighted by Crippen LogP contribution is -2.35. The Kier molecular flexibility index (Phi) is 6.26.